The molecule has 1 rings (SSSR count). The summed E-state index contributed by atoms with van der Waals surface area (Å²) in [6.45, 7) is 22.6. The van der Waals surface area contributed by atoms with Crippen LogP contribution >= 0.6 is 0 Å². The van der Waals surface area contributed by atoms with Gasteiger partial charge in [0.15, 0.2) is 0 Å². The number of hydrogen-bond acceptors (Lipinski definition) is 0. The summed E-state index contributed by atoms with van der Waals surface area (Å²) >= 11 is 0. The summed E-state index contributed by atoms with van der Waals surface area (Å²) in [6, 6.07) is 11.3. The minimum atomic E-state index is -1.50. The first-order valence-corrected chi connectivity index (χ1v) is 12.9. The van der Waals surface area contributed by atoms with Gasteiger partial charge in [-0.2, -0.15) is 0 Å². The van der Waals surface area contributed by atoms with Crippen molar-refractivity contribution in [3.05, 3.63) is 30.3 Å². The Morgan fingerprint density at radius 3 is 1.30 bits per heavy atom. The first-order valence-electron chi connectivity index (χ1n) is 7.87. The van der Waals surface area contributed by atoms with Crippen LogP contribution in [0.1, 0.15) is 62.3 Å². The van der Waals surface area contributed by atoms with E-state index in [4.69, 9.17) is 0 Å². The quantitative estimate of drug-likeness (QED) is 0.687. The molecule has 0 unspecified atom stereocenters. The Bertz CT molecular complexity index is 391. The van der Waals surface area contributed by atoms with Gasteiger partial charge in [0.25, 0.3) is 0 Å². The summed E-state index contributed by atoms with van der Waals surface area (Å²) < 4.78 is 0. The number of benzene rings is 1. The third-order valence-corrected chi connectivity index (χ3v) is 26.6. The summed E-state index contributed by atoms with van der Waals surface area (Å²) in [5, 5.41) is 2.96. The Morgan fingerprint density at radius 2 is 1.00 bits per heavy atom. The van der Waals surface area contributed by atoms with Crippen molar-refractivity contribution in [3.8, 4) is 0 Å². The molecular weight excluding hydrogens is 272 g/mol. The normalized spacial score (nSPS) is 15.1. The van der Waals surface area contributed by atoms with Crippen LogP contribution in [0.5, 0.6) is 0 Å². The Morgan fingerprint density at radius 1 is 0.650 bits per heavy atom. The minimum absolute atomic E-state index is 0.278. The molecule has 0 atom stereocenters. The summed E-state index contributed by atoms with van der Waals surface area (Å²) in [6.07, 6.45) is 0. The zero-order chi connectivity index (χ0) is 15.8. The molecule has 20 heavy (non-hydrogen) atoms. The Labute approximate surface area is 130 Å². The predicted octanol–water partition coefficient (Wildman–Crippen LogP) is 4.83. The van der Waals surface area contributed by atoms with Crippen molar-refractivity contribution < 1.29 is 0 Å². The maximum absolute atomic E-state index is 2.51. The lowest BCUT2D eigenvalue weighted by Gasteiger charge is -2.60. The van der Waals surface area contributed by atoms with Crippen molar-refractivity contribution in [3.63, 3.8) is 0 Å². The number of hydrogen-bond donors (Lipinski definition) is 0. The smallest absolute Gasteiger partial charge is 0.0615 e. The highest BCUT2D eigenvalue weighted by Gasteiger charge is 2.58. The standard InChI is InChI=1S/C18H34Si2/c1-16(2,3)20(17(4,5)6,18(7,8)9)19-15-13-11-10-12-14-15/h10-14H,19H2,1-9H3. The second-order valence-corrected chi connectivity index (χ2v) is 21.0. The molecule has 0 saturated carbocycles. The van der Waals surface area contributed by atoms with E-state index in [0.717, 1.165) is 0 Å². The fourth-order valence-corrected chi connectivity index (χ4v) is 21.9. The molecule has 0 spiro atoms. The Balaban J connectivity index is 3.48. The van der Waals surface area contributed by atoms with Crippen LogP contribution < -0.4 is 5.19 Å². The van der Waals surface area contributed by atoms with Crippen LogP contribution in [0, 0.1) is 0 Å². The van der Waals surface area contributed by atoms with Gasteiger partial charge in [0.2, 0.25) is 0 Å². The molecule has 0 nitrogen and oxygen atoms in total. The Hall–Kier alpha value is -0.346. The third kappa shape index (κ3) is 3.11. The Kier molecular flexibility index (Phi) is 4.83. The zero-order valence-electron chi connectivity index (χ0n) is 15.1. The van der Waals surface area contributed by atoms with E-state index in [9.17, 15) is 0 Å². The van der Waals surface area contributed by atoms with Gasteiger partial charge in [-0.05, 0) is 15.1 Å². The molecule has 1 aromatic carbocycles. The van der Waals surface area contributed by atoms with Crippen LogP contribution in [0.4, 0.5) is 0 Å². The highest BCUT2D eigenvalue weighted by atomic mass is 29.2. The molecule has 0 aromatic heterocycles. The van der Waals surface area contributed by atoms with Crippen LogP contribution in [0.2, 0.25) is 15.1 Å². The van der Waals surface area contributed by atoms with Crippen molar-refractivity contribution in [2.75, 3.05) is 0 Å². The molecule has 0 fully saturated rings. The molecule has 0 aliphatic carbocycles. The van der Waals surface area contributed by atoms with Gasteiger partial charge < -0.3 is 0 Å². The molecule has 114 valence electrons. The van der Waals surface area contributed by atoms with Gasteiger partial charge in [0, 0.05) is 0 Å². The molecule has 0 heterocycles. The van der Waals surface area contributed by atoms with E-state index < -0.39 is 7.59 Å². The molecule has 2 heteroatoms. The largest absolute Gasteiger partial charge is 0.0694 e. The molecule has 1 aromatic rings. The van der Waals surface area contributed by atoms with Crippen LogP contribution in [-0.2, 0) is 0 Å². The van der Waals surface area contributed by atoms with Gasteiger partial charge in [-0.3, -0.25) is 0 Å². The molecule has 0 saturated heterocycles. The lowest BCUT2D eigenvalue weighted by atomic mass is 10.2. The summed E-state index contributed by atoms with van der Waals surface area (Å²) in [5.41, 5.74) is 0. The predicted molar refractivity (Wildman–Crippen MR) is 99.5 cm³/mol. The van der Waals surface area contributed by atoms with Crippen LogP contribution in [0.15, 0.2) is 30.3 Å². The van der Waals surface area contributed by atoms with Crippen molar-refractivity contribution in [2.24, 2.45) is 0 Å². The first-order chi connectivity index (χ1) is 8.83. The van der Waals surface area contributed by atoms with E-state index in [1.165, 1.54) is 0 Å². The van der Waals surface area contributed by atoms with Gasteiger partial charge in [0.05, 0.1) is 16.6 Å². The van der Waals surface area contributed by atoms with Crippen LogP contribution in [-0.4, -0.2) is 16.6 Å². The van der Waals surface area contributed by atoms with Crippen molar-refractivity contribution in [1.29, 1.82) is 0 Å². The minimum Gasteiger partial charge on any atom is -0.0694 e. The SMILES string of the molecule is CC(C)(C)[Si]([SiH2]c1ccccc1)(C(C)(C)C)C(C)(C)C. The van der Waals surface area contributed by atoms with E-state index in [0.29, 0.717) is 15.1 Å². The lowest BCUT2D eigenvalue weighted by molar-refractivity contribution is 0.556. The van der Waals surface area contributed by atoms with Gasteiger partial charge in [-0.25, -0.2) is 0 Å². The van der Waals surface area contributed by atoms with Gasteiger partial charge >= 0.3 is 0 Å². The van der Waals surface area contributed by atoms with Crippen molar-refractivity contribution >= 4 is 21.8 Å². The molecule has 0 aliphatic heterocycles. The lowest BCUT2D eigenvalue weighted by Crippen LogP contribution is -2.65. The monoisotopic (exact) mass is 306 g/mol. The fourth-order valence-electron chi connectivity index (χ4n) is 5.07. The van der Waals surface area contributed by atoms with E-state index in [-0.39, 0.29) is 9.04 Å². The van der Waals surface area contributed by atoms with Gasteiger partial charge in [-0.1, -0.05) is 97.8 Å². The summed E-state index contributed by atoms with van der Waals surface area (Å²) in [5.74, 6) is 0. The molecule has 0 radical (unpaired) electrons. The average Bonchev–Trinajstić information content (AvgIpc) is 2.22. The van der Waals surface area contributed by atoms with Gasteiger partial charge in [0.1, 0.15) is 0 Å². The maximum Gasteiger partial charge on any atom is 0.0615 e. The maximum atomic E-state index is 2.51. The molecule has 0 bridgehead atoms. The third-order valence-electron chi connectivity index (χ3n) is 5.15. The fraction of sp³-hybridized carbons (Fsp3) is 0.667. The highest BCUT2D eigenvalue weighted by molar-refractivity contribution is 7.32. The van der Waals surface area contributed by atoms with Crippen molar-refractivity contribution in [2.45, 2.75) is 77.4 Å². The van der Waals surface area contributed by atoms with E-state index >= 15 is 0 Å². The van der Waals surface area contributed by atoms with Crippen LogP contribution in [0.25, 0.3) is 0 Å². The zero-order valence-corrected chi connectivity index (χ0v) is 17.5. The molecular formula is C18H34Si2. The summed E-state index contributed by atoms with van der Waals surface area (Å²) in [4.78, 5) is 0. The average molecular weight is 307 g/mol. The molecule has 0 aliphatic rings. The number of rotatable bonds is 2. The molecule has 0 amide bonds. The topological polar surface area (TPSA) is 0 Å². The highest BCUT2D eigenvalue weighted by Crippen LogP contribution is 2.61. The van der Waals surface area contributed by atoms with E-state index in [1.54, 1.807) is 5.19 Å². The second kappa shape index (κ2) is 5.45. The van der Waals surface area contributed by atoms with E-state index in [2.05, 4.69) is 92.6 Å². The molecule has 0 N–H and O–H groups in total. The van der Waals surface area contributed by atoms with E-state index in [1.807, 2.05) is 0 Å². The van der Waals surface area contributed by atoms with Crippen molar-refractivity contribution in [1.82, 2.24) is 0 Å². The first kappa shape index (κ1) is 17.7. The van der Waals surface area contributed by atoms with Crippen LogP contribution in [0.3, 0.4) is 0 Å². The second-order valence-electron chi connectivity index (χ2n) is 9.32. The summed E-state index contributed by atoms with van der Waals surface area (Å²) in [7, 11) is -1.78. The van der Waals surface area contributed by atoms with Gasteiger partial charge in [-0.15, -0.1) is 0 Å².